The van der Waals surface area contributed by atoms with Gasteiger partial charge in [0.05, 0.1) is 0 Å². The third-order valence-corrected chi connectivity index (χ3v) is 3.63. The Kier molecular flexibility index (Phi) is 16.0. The molecule has 4 heteroatoms. The van der Waals surface area contributed by atoms with Crippen molar-refractivity contribution in [1.82, 2.24) is 10.6 Å². The fraction of sp³-hybridized carbons (Fsp3) is 0.708. The summed E-state index contributed by atoms with van der Waals surface area (Å²) in [6.45, 7) is 17.8. The molecule has 1 unspecified atom stereocenters. The Balaban J connectivity index is 0. The van der Waals surface area contributed by atoms with Gasteiger partial charge in [-0.05, 0) is 37.8 Å². The molecule has 0 heterocycles. The first-order chi connectivity index (χ1) is 12.8. The molecular formula is C24H46N2O2. The number of hydrogen-bond acceptors (Lipinski definition) is 3. The van der Waals surface area contributed by atoms with E-state index >= 15 is 0 Å². The van der Waals surface area contributed by atoms with Gasteiger partial charge in [-0.2, -0.15) is 0 Å². The predicted molar refractivity (Wildman–Crippen MR) is 122 cm³/mol. The van der Waals surface area contributed by atoms with E-state index < -0.39 is 6.23 Å². The zero-order chi connectivity index (χ0) is 22.2. The van der Waals surface area contributed by atoms with Gasteiger partial charge in [0.25, 0.3) is 0 Å². The van der Waals surface area contributed by atoms with Crippen LogP contribution >= 0.6 is 0 Å². The van der Waals surface area contributed by atoms with Gasteiger partial charge in [-0.1, -0.05) is 90.8 Å². The van der Waals surface area contributed by atoms with Gasteiger partial charge < -0.3 is 15.7 Å². The summed E-state index contributed by atoms with van der Waals surface area (Å²) < 4.78 is 0. The van der Waals surface area contributed by atoms with Crippen LogP contribution in [-0.4, -0.2) is 30.8 Å². The summed E-state index contributed by atoms with van der Waals surface area (Å²) in [6, 6.07) is 10.3. The number of aliphatic hydroxyl groups is 1. The van der Waals surface area contributed by atoms with Gasteiger partial charge in [0.2, 0.25) is 5.91 Å². The summed E-state index contributed by atoms with van der Waals surface area (Å²) in [7, 11) is 1.81. The number of nitrogens with one attached hydrogen (secondary N) is 2. The molecule has 1 atom stereocenters. The molecule has 164 valence electrons. The molecule has 1 rings (SSSR count). The number of carbonyl (C=O) groups excluding carboxylic acids is 1. The van der Waals surface area contributed by atoms with Crippen LogP contribution in [-0.2, 0) is 4.79 Å². The second-order valence-electron chi connectivity index (χ2n) is 9.68. The van der Waals surface area contributed by atoms with Crippen LogP contribution in [0.4, 0.5) is 0 Å². The summed E-state index contributed by atoms with van der Waals surface area (Å²) in [4.78, 5) is 11.3. The van der Waals surface area contributed by atoms with E-state index in [9.17, 15) is 9.90 Å². The molecule has 0 bridgehead atoms. The summed E-state index contributed by atoms with van der Waals surface area (Å²) in [5.74, 6) is -0.0962. The maximum absolute atomic E-state index is 11.3. The van der Waals surface area contributed by atoms with Crippen molar-refractivity contribution in [2.45, 2.75) is 87.3 Å². The molecule has 0 aliphatic rings. The summed E-state index contributed by atoms with van der Waals surface area (Å²) in [5, 5.41) is 14.8. The number of rotatable bonds is 6. The first kappa shape index (κ1) is 28.8. The Hall–Kier alpha value is -1.39. The van der Waals surface area contributed by atoms with Crippen molar-refractivity contribution in [3.8, 4) is 0 Å². The van der Waals surface area contributed by atoms with Gasteiger partial charge in [-0.15, -0.1) is 0 Å². The first-order valence-corrected chi connectivity index (χ1v) is 10.4. The molecule has 0 saturated heterocycles. The maximum atomic E-state index is 11.3. The fourth-order valence-corrected chi connectivity index (χ4v) is 2.36. The summed E-state index contributed by atoms with van der Waals surface area (Å²) in [5.41, 5.74) is 1.84. The molecule has 1 aromatic rings. The average Bonchev–Trinajstić information content (AvgIpc) is 2.52. The molecular weight excluding hydrogens is 348 g/mol. The number of aryl methyl sites for hydroxylation is 1. The molecule has 28 heavy (non-hydrogen) atoms. The molecule has 0 radical (unpaired) electrons. The molecule has 1 amide bonds. The molecule has 0 aromatic heterocycles. The molecule has 0 aliphatic heterocycles. The molecule has 0 aliphatic carbocycles. The van der Waals surface area contributed by atoms with E-state index in [0.717, 1.165) is 0 Å². The van der Waals surface area contributed by atoms with Crippen molar-refractivity contribution in [2.75, 3.05) is 13.6 Å². The van der Waals surface area contributed by atoms with E-state index in [2.05, 4.69) is 57.4 Å². The van der Waals surface area contributed by atoms with Crippen LogP contribution in [0.15, 0.2) is 30.3 Å². The highest BCUT2D eigenvalue weighted by atomic mass is 16.3. The lowest BCUT2D eigenvalue weighted by Crippen LogP contribution is -2.38. The van der Waals surface area contributed by atoms with Crippen molar-refractivity contribution in [3.63, 3.8) is 0 Å². The van der Waals surface area contributed by atoms with E-state index in [0.29, 0.717) is 24.8 Å². The van der Waals surface area contributed by atoms with Crippen molar-refractivity contribution < 1.29 is 9.90 Å². The lowest BCUT2D eigenvalue weighted by molar-refractivity contribution is -0.125. The maximum Gasteiger partial charge on any atom is 0.222 e. The minimum absolute atomic E-state index is 0.0349. The third kappa shape index (κ3) is 24.6. The summed E-state index contributed by atoms with van der Waals surface area (Å²) >= 11 is 0. The highest BCUT2D eigenvalue weighted by molar-refractivity contribution is 5.76. The van der Waals surface area contributed by atoms with Crippen molar-refractivity contribution in [3.05, 3.63) is 35.9 Å². The van der Waals surface area contributed by atoms with E-state index in [1.165, 1.54) is 18.4 Å². The zero-order valence-electron chi connectivity index (χ0n) is 19.9. The first-order valence-electron chi connectivity index (χ1n) is 10.4. The topological polar surface area (TPSA) is 61.4 Å². The molecule has 0 spiro atoms. The molecule has 3 N–H and O–H groups in total. The van der Waals surface area contributed by atoms with Gasteiger partial charge in [-0.25, -0.2) is 0 Å². The second-order valence-corrected chi connectivity index (χ2v) is 9.68. The fourth-order valence-electron chi connectivity index (χ4n) is 2.36. The van der Waals surface area contributed by atoms with Gasteiger partial charge >= 0.3 is 0 Å². The highest BCUT2D eigenvalue weighted by Crippen LogP contribution is 2.19. The van der Waals surface area contributed by atoms with Crippen LogP contribution in [0.5, 0.6) is 0 Å². The SMILES string of the molecule is CCCC(C)(C)C.CNCCC(O)NC(=O)CC(C)(C)C.Cc1ccccc1. The van der Waals surface area contributed by atoms with E-state index in [1.807, 2.05) is 46.0 Å². The number of aliphatic hydroxyl groups excluding tert-OH is 1. The molecule has 0 fully saturated rings. The third-order valence-electron chi connectivity index (χ3n) is 3.63. The predicted octanol–water partition coefficient (Wildman–Crippen LogP) is 5.29. The number of hydrogen-bond donors (Lipinski definition) is 3. The Labute approximate surface area is 174 Å². The molecule has 0 saturated carbocycles. The van der Waals surface area contributed by atoms with Crippen LogP contribution in [0.2, 0.25) is 0 Å². The zero-order valence-corrected chi connectivity index (χ0v) is 19.9. The number of benzene rings is 1. The smallest absolute Gasteiger partial charge is 0.222 e. The molecule has 4 nitrogen and oxygen atoms in total. The van der Waals surface area contributed by atoms with E-state index in [1.54, 1.807) is 0 Å². The lowest BCUT2D eigenvalue weighted by Gasteiger charge is -2.19. The summed E-state index contributed by atoms with van der Waals surface area (Å²) in [6.07, 6.45) is 2.88. The van der Waals surface area contributed by atoms with Crippen LogP contribution in [0.1, 0.15) is 79.7 Å². The van der Waals surface area contributed by atoms with E-state index in [-0.39, 0.29) is 11.3 Å². The van der Waals surface area contributed by atoms with Crippen molar-refractivity contribution >= 4 is 5.91 Å². The lowest BCUT2D eigenvalue weighted by atomic mass is 9.91. The minimum atomic E-state index is -0.739. The van der Waals surface area contributed by atoms with Crippen LogP contribution in [0, 0.1) is 17.8 Å². The Bertz CT molecular complexity index is 488. The van der Waals surface area contributed by atoms with E-state index in [4.69, 9.17) is 0 Å². The average molecular weight is 395 g/mol. The Morgan fingerprint density at radius 3 is 1.86 bits per heavy atom. The largest absolute Gasteiger partial charge is 0.374 e. The Morgan fingerprint density at radius 2 is 1.57 bits per heavy atom. The minimum Gasteiger partial charge on any atom is -0.374 e. The van der Waals surface area contributed by atoms with Crippen LogP contribution < -0.4 is 10.6 Å². The van der Waals surface area contributed by atoms with Crippen LogP contribution in [0.25, 0.3) is 0 Å². The van der Waals surface area contributed by atoms with Gasteiger partial charge in [0.1, 0.15) is 6.23 Å². The van der Waals surface area contributed by atoms with Gasteiger partial charge in [0, 0.05) is 12.8 Å². The normalized spacial score (nSPS) is 12.1. The quantitative estimate of drug-likeness (QED) is 0.574. The van der Waals surface area contributed by atoms with Crippen molar-refractivity contribution in [2.24, 2.45) is 10.8 Å². The Morgan fingerprint density at radius 1 is 1.04 bits per heavy atom. The van der Waals surface area contributed by atoms with Crippen molar-refractivity contribution in [1.29, 1.82) is 0 Å². The van der Waals surface area contributed by atoms with Crippen LogP contribution in [0.3, 0.4) is 0 Å². The monoisotopic (exact) mass is 394 g/mol. The number of carbonyl (C=O) groups is 1. The number of amides is 1. The molecule has 1 aromatic carbocycles. The second kappa shape index (κ2) is 15.5. The van der Waals surface area contributed by atoms with Gasteiger partial charge in [-0.3, -0.25) is 4.79 Å². The standard InChI is InChI=1S/C10H22N2O2.C7H8.C7H16/c1-10(2,3)7-9(14)12-8(13)5-6-11-4;1-7-5-3-2-4-6-7;1-5-6-7(2,3)4/h8,11,13H,5-7H2,1-4H3,(H,12,14);2-6H,1H3;5-6H2,1-4H3. The van der Waals surface area contributed by atoms with Gasteiger partial charge in [0.15, 0.2) is 0 Å². The highest BCUT2D eigenvalue weighted by Gasteiger charge is 2.17.